The summed E-state index contributed by atoms with van der Waals surface area (Å²) >= 11 is 0. The minimum Gasteiger partial charge on any atom is -0.447 e. The molecular weight excluding hydrogens is 197 g/mol. The molecule has 0 heterocycles. The Morgan fingerprint density at radius 1 is 1.78 bits per heavy atom. The van der Waals surface area contributed by atoms with E-state index in [2.05, 4.69) is 11.4 Å². The van der Waals surface area contributed by atoms with Crippen LogP contribution in [0.25, 0.3) is 0 Å². The van der Waals surface area contributed by atoms with Crippen molar-refractivity contribution in [2.45, 2.75) is 19.4 Å². The van der Waals surface area contributed by atoms with E-state index in [1.165, 1.54) is 0 Å². The summed E-state index contributed by atoms with van der Waals surface area (Å²) in [4.78, 5) is 0. The fraction of sp³-hybridized carbons (Fsp3) is 0.750. The summed E-state index contributed by atoms with van der Waals surface area (Å²) in [6.45, 7) is 1.73. The summed E-state index contributed by atoms with van der Waals surface area (Å²) in [6.07, 6.45) is 2.65. The van der Waals surface area contributed by atoms with Crippen LogP contribution in [0.1, 0.15) is 13.3 Å². The number of rotatable bonds is 3. The molecule has 51 valence electrons. The van der Waals surface area contributed by atoms with Gasteiger partial charge in [-0.05, 0) is 6.92 Å². The molecule has 0 spiro atoms. The van der Waals surface area contributed by atoms with Gasteiger partial charge in [-0.15, -0.1) is 0 Å². The van der Waals surface area contributed by atoms with Crippen LogP contribution in [0.5, 0.6) is 0 Å². The zero-order chi connectivity index (χ0) is 6.41. The van der Waals surface area contributed by atoms with Gasteiger partial charge in [-0.25, -0.2) is 5.48 Å². The molecule has 0 saturated carbocycles. The zero-order valence-corrected chi connectivity index (χ0v) is 8.04. The van der Waals surface area contributed by atoms with E-state index in [-0.39, 0.29) is 38.8 Å². The number of hydrogen-bond donors (Lipinski definition) is 3. The molecule has 4 nitrogen and oxygen atoms in total. The van der Waals surface area contributed by atoms with Crippen LogP contribution in [0.15, 0.2) is 5.16 Å². The van der Waals surface area contributed by atoms with Crippen molar-refractivity contribution in [1.29, 1.82) is 0 Å². The van der Waals surface area contributed by atoms with Crippen molar-refractivity contribution in [3.8, 4) is 0 Å². The Morgan fingerprint density at radius 3 is 2.67 bits per heavy atom. The summed E-state index contributed by atoms with van der Waals surface area (Å²) in [5.41, 5.74) is 1.97. The van der Waals surface area contributed by atoms with Crippen LogP contribution in [0.2, 0.25) is 0 Å². The molecule has 3 N–H and O–H groups in total. The van der Waals surface area contributed by atoms with Crippen molar-refractivity contribution in [2.24, 2.45) is 5.16 Å². The van der Waals surface area contributed by atoms with E-state index in [9.17, 15) is 0 Å². The molecule has 0 rings (SSSR count). The molecule has 0 aliphatic rings. The summed E-state index contributed by atoms with van der Waals surface area (Å²) in [7, 11) is 0. The first-order valence-corrected chi connectivity index (χ1v) is 2.28. The molecule has 0 aromatic carbocycles. The van der Waals surface area contributed by atoms with Gasteiger partial charge < -0.3 is 21.8 Å². The van der Waals surface area contributed by atoms with E-state index >= 15 is 0 Å². The van der Waals surface area contributed by atoms with Gasteiger partial charge in [-0.3, -0.25) is 0 Å². The Morgan fingerprint density at radius 2 is 2.33 bits per heavy atom. The molecule has 9 heavy (non-hydrogen) atoms. The molecule has 1 unspecified atom stereocenters. The van der Waals surface area contributed by atoms with Crippen LogP contribution < -0.4 is 5.48 Å². The molecular formula is C4H9N2O2Y-. The van der Waals surface area contributed by atoms with Gasteiger partial charge in [-0.1, -0.05) is 0 Å². The number of hydroxylamine groups is 1. The fourth-order valence-corrected chi connectivity index (χ4v) is 0.223. The maximum Gasteiger partial charge on any atom is 0.00407 e. The Hall–Kier alpha value is 0.494. The molecule has 0 saturated heterocycles. The SMILES string of the molecule is CC(C[C-]=NO)NO.[Y]. The van der Waals surface area contributed by atoms with Crippen LogP contribution in [0.4, 0.5) is 0 Å². The predicted octanol–water partition coefficient (Wildman–Crippen LogP) is 0.0783. The summed E-state index contributed by atoms with van der Waals surface area (Å²) in [5, 5.41) is 18.6. The number of nitrogens with zero attached hydrogens (tertiary/aromatic N) is 1. The van der Waals surface area contributed by atoms with Gasteiger partial charge in [0.05, 0.1) is 0 Å². The number of hydrogen-bond acceptors (Lipinski definition) is 4. The number of nitrogens with one attached hydrogen (secondary N) is 1. The van der Waals surface area contributed by atoms with Crippen molar-refractivity contribution in [2.75, 3.05) is 0 Å². The third kappa shape index (κ3) is 8.49. The maximum atomic E-state index is 8.15. The third-order valence-electron chi connectivity index (χ3n) is 0.689. The smallest absolute Gasteiger partial charge is 0.00407 e. The normalized spacial score (nSPS) is 13.1. The van der Waals surface area contributed by atoms with E-state index < -0.39 is 0 Å². The molecule has 0 aliphatic heterocycles. The average Bonchev–Trinajstić information content (AvgIpc) is 1.83. The minimum atomic E-state index is -0.106. The van der Waals surface area contributed by atoms with Crippen LogP contribution in [-0.2, 0) is 32.7 Å². The van der Waals surface area contributed by atoms with Crippen LogP contribution >= 0.6 is 0 Å². The zero-order valence-electron chi connectivity index (χ0n) is 5.20. The van der Waals surface area contributed by atoms with Crippen LogP contribution in [0.3, 0.4) is 0 Å². The van der Waals surface area contributed by atoms with E-state index in [1.807, 2.05) is 5.48 Å². The summed E-state index contributed by atoms with van der Waals surface area (Å²) < 4.78 is 0. The fourth-order valence-electron chi connectivity index (χ4n) is 0.223. The van der Waals surface area contributed by atoms with E-state index in [0.717, 1.165) is 0 Å². The van der Waals surface area contributed by atoms with Gasteiger partial charge >= 0.3 is 0 Å². The quantitative estimate of drug-likeness (QED) is 0.265. The molecule has 0 amide bonds. The molecule has 0 aromatic rings. The first-order chi connectivity index (χ1) is 3.81. The van der Waals surface area contributed by atoms with Gasteiger partial charge in [-0.2, -0.15) is 6.42 Å². The predicted molar refractivity (Wildman–Crippen MR) is 28.2 cm³/mol. The Labute approximate surface area is 79.2 Å². The van der Waals surface area contributed by atoms with Gasteiger partial charge in [0.1, 0.15) is 0 Å². The standard InChI is InChI=1S/C4H9N2O2.Y/c1-4(6-8)2-3-5-7;/h4,6-8H,2H2,1H3;/q-1;. The Bertz CT molecular complexity index is 79.0. The van der Waals surface area contributed by atoms with Crippen molar-refractivity contribution < 1.29 is 43.1 Å². The van der Waals surface area contributed by atoms with Gasteiger partial charge in [0, 0.05) is 38.8 Å². The molecule has 0 aromatic heterocycles. The summed E-state index contributed by atoms with van der Waals surface area (Å²) in [6, 6.07) is -0.106. The van der Waals surface area contributed by atoms with Gasteiger partial charge in [0.15, 0.2) is 0 Å². The second-order valence-electron chi connectivity index (χ2n) is 1.49. The molecule has 0 fully saturated rings. The van der Waals surface area contributed by atoms with Crippen molar-refractivity contribution in [1.82, 2.24) is 5.48 Å². The second-order valence-corrected chi connectivity index (χ2v) is 1.49. The van der Waals surface area contributed by atoms with E-state index in [0.29, 0.717) is 6.42 Å². The molecule has 1 radical (unpaired) electrons. The molecule has 5 heteroatoms. The maximum absolute atomic E-state index is 8.15. The van der Waals surface area contributed by atoms with Crippen molar-refractivity contribution in [3.05, 3.63) is 0 Å². The van der Waals surface area contributed by atoms with Crippen LogP contribution in [0, 0.1) is 0 Å². The Kier molecular flexibility index (Phi) is 11.5. The molecule has 0 bridgehead atoms. The summed E-state index contributed by atoms with van der Waals surface area (Å²) in [5.74, 6) is 0. The Balaban J connectivity index is 0. The first kappa shape index (κ1) is 12.2. The third-order valence-corrected chi connectivity index (χ3v) is 0.689. The van der Waals surface area contributed by atoms with Crippen molar-refractivity contribution in [3.63, 3.8) is 0 Å². The van der Waals surface area contributed by atoms with Crippen LogP contribution in [-0.4, -0.2) is 22.7 Å². The van der Waals surface area contributed by atoms with E-state index in [4.69, 9.17) is 10.4 Å². The monoisotopic (exact) mass is 206 g/mol. The van der Waals surface area contributed by atoms with Gasteiger partial charge in [0.2, 0.25) is 0 Å². The van der Waals surface area contributed by atoms with E-state index in [1.54, 1.807) is 6.92 Å². The largest absolute Gasteiger partial charge is 0.447 e. The average molecular weight is 206 g/mol. The minimum absolute atomic E-state index is 0. The molecule has 1 atom stereocenters. The second kappa shape index (κ2) is 8.49. The molecule has 0 aliphatic carbocycles. The van der Waals surface area contributed by atoms with Gasteiger partial charge in [0.25, 0.3) is 0 Å². The topological polar surface area (TPSA) is 64.9 Å². The van der Waals surface area contributed by atoms with Crippen molar-refractivity contribution >= 4 is 6.21 Å². The first-order valence-electron chi connectivity index (χ1n) is 2.28.